The second-order valence-corrected chi connectivity index (χ2v) is 8.21. The summed E-state index contributed by atoms with van der Waals surface area (Å²) in [6.45, 7) is 0.962. The molecule has 10 heteroatoms. The van der Waals surface area contributed by atoms with Gasteiger partial charge in [-0.1, -0.05) is 18.1 Å². The maximum absolute atomic E-state index is 13.8. The van der Waals surface area contributed by atoms with Gasteiger partial charge in [-0.3, -0.25) is 5.10 Å². The molecule has 7 nitrogen and oxygen atoms in total. The number of nitrogens with one attached hydrogen (secondary N) is 1. The number of anilines is 1. The first-order chi connectivity index (χ1) is 17.5. The SMILES string of the molecule is Fc1[nH]nc2ccc(C#Cc3ccnc(-c4ccnc(N5Cc6ccc(C(F)F)cc6C5)n4)n3)cc12. The molecule has 4 heterocycles. The smallest absolute Gasteiger partial charge is 0.263 e. The fourth-order valence-corrected chi connectivity index (χ4v) is 4.06. The van der Waals surface area contributed by atoms with Crippen molar-refractivity contribution < 1.29 is 13.2 Å². The zero-order chi connectivity index (χ0) is 24.6. The second-order valence-electron chi connectivity index (χ2n) is 8.21. The molecule has 1 aliphatic heterocycles. The van der Waals surface area contributed by atoms with Crippen molar-refractivity contribution in [2.24, 2.45) is 0 Å². The van der Waals surface area contributed by atoms with Gasteiger partial charge in [-0.25, -0.2) is 28.7 Å². The van der Waals surface area contributed by atoms with Gasteiger partial charge < -0.3 is 4.90 Å². The number of rotatable bonds is 3. The van der Waals surface area contributed by atoms with Gasteiger partial charge in [-0.05, 0) is 53.4 Å². The van der Waals surface area contributed by atoms with Crippen LogP contribution in [0.15, 0.2) is 60.9 Å². The van der Waals surface area contributed by atoms with E-state index in [4.69, 9.17) is 0 Å². The number of nitrogens with zero attached hydrogens (tertiary/aromatic N) is 6. The zero-order valence-corrected chi connectivity index (χ0v) is 18.6. The molecule has 0 amide bonds. The Morgan fingerprint density at radius 1 is 0.889 bits per heavy atom. The summed E-state index contributed by atoms with van der Waals surface area (Å²) in [6.07, 6.45) is 0.692. The summed E-state index contributed by atoms with van der Waals surface area (Å²) in [7, 11) is 0. The number of H-pyrrole nitrogens is 1. The number of hydrogen-bond acceptors (Lipinski definition) is 6. The molecule has 0 saturated heterocycles. The van der Waals surface area contributed by atoms with Gasteiger partial charge in [0.1, 0.15) is 11.4 Å². The predicted molar refractivity (Wildman–Crippen MR) is 126 cm³/mol. The van der Waals surface area contributed by atoms with Gasteiger partial charge in [0.2, 0.25) is 11.9 Å². The second kappa shape index (κ2) is 8.78. The van der Waals surface area contributed by atoms with Crippen LogP contribution in [0.1, 0.15) is 34.4 Å². The molecule has 0 bridgehead atoms. The molecule has 0 spiro atoms. The molecular weight excluding hydrogens is 467 g/mol. The Kier molecular flexibility index (Phi) is 5.30. The third-order valence-corrected chi connectivity index (χ3v) is 5.86. The molecule has 6 rings (SSSR count). The normalized spacial score (nSPS) is 12.6. The van der Waals surface area contributed by atoms with Gasteiger partial charge in [-0.2, -0.15) is 9.49 Å². The molecule has 2 aromatic carbocycles. The molecule has 0 radical (unpaired) electrons. The highest BCUT2D eigenvalue weighted by Gasteiger charge is 2.23. The minimum atomic E-state index is -2.51. The maximum Gasteiger partial charge on any atom is 0.263 e. The van der Waals surface area contributed by atoms with E-state index in [9.17, 15) is 13.2 Å². The van der Waals surface area contributed by atoms with Crippen molar-refractivity contribution in [3.63, 3.8) is 0 Å². The van der Waals surface area contributed by atoms with Crippen LogP contribution in [0.3, 0.4) is 0 Å². The molecular formula is C26H16F3N7. The highest BCUT2D eigenvalue weighted by atomic mass is 19.3. The number of halogens is 3. The molecule has 176 valence electrons. The Morgan fingerprint density at radius 3 is 2.64 bits per heavy atom. The van der Waals surface area contributed by atoms with Crippen LogP contribution in [0.5, 0.6) is 0 Å². The van der Waals surface area contributed by atoms with Crippen molar-refractivity contribution >= 4 is 16.9 Å². The minimum Gasteiger partial charge on any atom is -0.332 e. The van der Waals surface area contributed by atoms with Gasteiger partial charge in [0, 0.05) is 36.6 Å². The lowest BCUT2D eigenvalue weighted by molar-refractivity contribution is 0.151. The van der Waals surface area contributed by atoms with Crippen LogP contribution < -0.4 is 4.90 Å². The van der Waals surface area contributed by atoms with E-state index in [0.29, 0.717) is 52.7 Å². The molecule has 3 aromatic heterocycles. The van der Waals surface area contributed by atoms with Crippen LogP contribution in [-0.2, 0) is 13.1 Å². The number of benzene rings is 2. The fourth-order valence-electron chi connectivity index (χ4n) is 4.06. The van der Waals surface area contributed by atoms with E-state index < -0.39 is 12.4 Å². The fraction of sp³-hybridized carbons (Fsp3) is 0.115. The first-order valence-electron chi connectivity index (χ1n) is 11.0. The van der Waals surface area contributed by atoms with E-state index in [-0.39, 0.29) is 5.56 Å². The Balaban J connectivity index is 1.24. The molecule has 0 unspecified atom stereocenters. The highest BCUT2D eigenvalue weighted by Crippen LogP contribution is 2.30. The molecule has 0 atom stereocenters. The summed E-state index contributed by atoms with van der Waals surface area (Å²) >= 11 is 0. The van der Waals surface area contributed by atoms with Crippen LogP contribution in [-0.4, -0.2) is 30.1 Å². The van der Waals surface area contributed by atoms with E-state index in [2.05, 4.69) is 42.0 Å². The molecule has 1 aliphatic rings. The summed E-state index contributed by atoms with van der Waals surface area (Å²) in [4.78, 5) is 19.7. The summed E-state index contributed by atoms with van der Waals surface area (Å²) in [6, 6.07) is 13.2. The van der Waals surface area contributed by atoms with Crippen molar-refractivity contribution in [1.29, 1.82) is 0 Å². The van der Waals surface area contributed by atoms with E-state index >= 15 is 0 Å². The number of fused-ring (bicyclic) bond motifs is 2. The van der Waals surface area contributed by atoms with Crippen LogP contribution in [0, 0.1) is 17.8 Å². The summed E-state index contributed by atoms with van der Waals surface area (Å²) < 4.78 is 39.9. The molecule has 5 aromatic rings. The average molecular weight is 483 g/mol. The van der Waals surface area contributed by atoms with Crippen LogP contribution in [0.25, 0.3) is 22.4 Å². The van der Waals surface area contributed by atoms with Gasteiger partial charge in [-0.15, -0.1) is 0 Å². The van der Waals surface area contributed by atoms with Gasteiger partial charge in [0.15, 0.2) is 5.82 Å². The molecule has 0 fully saturated rings. The maximum atomic E-state index is 13.8. The van der Waals surface area contributed by atoms with Crippen molar-refractivity contribution in [2.45, 2.75) is 19.5 Å². The van der Waals surface area contributed by atoms with E-state index in [1.54, 1.807) is 48.8 Å². The van der Waals surface area contributed by atoms with Crippen molar-refractivity contribution in [3.05, 3.63) is 94.8 Å². The molecule has 0 aliphatic carbocycles. The third kappa shape index (κ3) is 4.11. The molecule has 0 saturated carbocycles. The molecule has 36 heavy (non-hydrogen) atoms. The monoisotopic (exact) mass is 483 g/mol. The van der Waals surface area contributed by atoms with Crippen LogP contribution >= 0.6 is 0 Å². The third-order valence-electron chi connectivity index (χ3n) is 5.86. The quantitative estimate of drug-likeness (QED) is 0.371. The zero-order valence-electron chi connectivity index (χ0n) is 18.6. The van der Waals surface area contributed by atoms with E-state index in [1.165, 1.54) is 12.1 Å². The number of aromatic nitrogens is 6. The lowest BCUT2D eigenvalue weighted by Gasteiger charge is -2.15. The average Bonchev–Trinajstić information content (AvgIpc) is 3.50. The minimum absolute atomic E-state index is 0.00594. The van der Waals surface area contributed by atoms with E-state index in [1.807, 2.05) is 4.90 Å². The summed E-state index contributed by atoms with van der Waals surface area (Å²) in [5, 5.41) is 6.54. The number of hydrogen-bond donors (Lipinski definition) is 1. The van der Waals surface area contributed by atoms with Gasteiger partial charge in [0.25, 0.3) is 6.43 Å². The summed E-state index contributed by atoms with van der Waals surface area (Å²) in [5.41, 5.74) is 3.94. The largest absolute Gasteiger partial charge is 0.332 e. The van der Waals surface area contributed by atoms with Crippen molar-refractivity contribution in [1.82, 2.24) is 30.1 Å². The first-order valence-corrected chi connectivity index (χ1v) is 11.0. The lowest BCUT2D eigenvalue weighted by Crippen LogP contribution is -2.17. The van der Waals surface area contributed by atoms with Crippen molar-refractivity contribution in [2.75, 3.05) is 4.90 Å². The Morgan fingerprint density at radius 2 is 1.75 bits per heavy atom. The number of aromatic amines is 1. The van der Waals surface area contributed by atoms with Crippen LogP contribution in [0.4, 0.5) is 19.1 Å². The number of alkyl halides is 2. The van der Waals surface area contributed by atoms with Gasteiger partial charge in [0.05, 0.1) is 10.9 Å². The first kappa shape index (κ1) is 21.7. The Hall–Kier alpha value is -4.78. The van der Waals surface area contributed by atoms with Gasteiger partial charge >= 0.3 is 0 Å². The van der Waals surface area contributed by atoms with Crippen LogP contribution in [0.2, 0.25) is 0 Å². The Bertz CT molecular complexity index is 1670. The van der Waals surface area contributed by atoms with Crippen molar-refractivity contribution in [3.8, 4) is 23.4 Å². The topological polar surface area (TPSA) is 83.5 Å². The predicted octanol–water partition coefficient (Wildman–Crippen LogP) is 4.81. The van der Waals surface area contributed by atoms with E-state index in [0.717, 1.165) is 11.1 Å². The Labute approximate surface area is 203 Å². The lowest BCUT2D eigenvalue weighted by atomic mass is 10.1. The highest BCUT2D eigenvalue weighted by molar-refractivity contribution is 5.80. The summed E-state index contributed by atoms with van der Waals surface area (Å²) in [5.74, 6) is 6.28. The molecule has 1 N–H and O–H groups in total. The standard InChI is InChI=1S/C26H16F3N7/c27-23(28)16-3-4-17-13-36(14-18(17)12-16)26-31-10-8-22(33-26)25-30-9-7-19(32-25)5-1-15-2-6-21-20(11-15)24(29)35-34-21/h2-4,6-12,23H,13-14H2,(H,34,35).